The van der Waals surface area contributed by atoms with Crippen molar-refractivity contribution in [3.05, 3.63) is 130 Å². The zero-order valence-electron chi connectivity index (χ0n) is 23.8. The van der Waals surface area contributed by atoms with Gasteiger partial charge in [0.15, 0.2) is 0 Å². The number of anilines is 1. The van der Waals surface area contributed by atoms with E-state index in [1.807, 2.05) is 61.5 Å². The van der Waals surface area contributed by atoms with Gasteiger partial charge in [-0.25, -0.2) is 8.42 Å². The number of nitrogens with zero attached hydrogens (tertiary/aromatic N) is 2. The van der Waals surface area contributed by atoms with E-state index in [4.69, 9.17) is 11.6 Å². The van der Waals surface area contributed by atoms with E-state index in [-0.39, 0.29) is 29.5 Å². The van der Waals surface area contributed by atoms with Gasteiger partial charge in [-0.05, 0) is 54.8 Å². The van der Waals surface area contributed by atoms with Crippen LogP contribution >= 0.6 is 11.6 Å². The first-order valence-corrected chi connectivity index (χ1v) is 15.4. The van der Waals surface area contributed by atoms with E-state index < -0.39 is 28.5 Å². The second-order valence-corrected chi connectivity index (χ2v) is 12.4. The zero-order valence-corrected chi connectivity index (χ0v) is 25.4. The number of amides is 2. The van der Waals surface area contributed by atoms with Crippen molar-refractivity contribution in [3.63, 3.8) is 0 Å². The lowest BCUT2D eigenvalue weighted by molar-refractivity contribution is -0.139. The topological polar surface area (TPSA) is 86.8 Å². The molecule has 0 bridgehead atoms. The number of carbonyl (C=O) groups is 2. The quantitative estimate of drug-likeness (QED) is 0.244. The van der Waals surface area contributed by atoms with Gasteiger partial charge in [-0.15, -0.1) is 0 Å². The molecule has 2 amide bonds. The van der Waals surface area contributed by atoms with E-state index in [0.717, 1.165) is 21.0 Å². The minimum Gasteiger partial charge on any atom is -0.357 e. The van der Waals surface area contributed by atoms with Gasteiger partial charge in [-0.1, -0.05) is 96.0 Å². The number of aryl methyl sites for hydroxylation is 2. The summed E-state index contributed by atoms with van der Waals surface area (Å²) in [5.41, 5.74) is 3.61. The number of hydrogen-bond donors (Lipinski definition) is 1. The van der Waals surface area contributed by atoms with E-state index in [0.29, 0.717) is 10.6 Å². The minimum atomic E-state index is -4.19. The van der Waals surface area contributed by atoms with Crippen LogP contribution in [0.1, 0.15) is 22.3 Å². The number of halogens is 1. The number of likely N-dealkylation sites (N-methyl/N-ethyl adjacent to an activating group) is 1. The molecule has 0 spiro atoms. The Morgan fingerprint density at radius 3 is 2.12 bits per heavy atom. The zero-order chi connectivity index (χ0) is 30.3. The Morgan fingerprint density at radius 2 is 1.48 bits per heavy atom. The van der Waals surface area contributed by atoms with Gasteiger partial charge in [0.2, 0.25) is 11.8 Å². The van der Waals surface area contributed by atoms with Crippen LogP contribution in [0.4, 0.5) is 5.69 Å². The van der Waals surface area contributed by atoms with Crippen LogP contribution in [-0.2, 0) is 32.6 Å². The molecule has 0 saturated heterocycles. The lowest BCUT2D eigenvalue weighted by Crippen LogP contribution is -2.53. The Morgan fingerprint density at radius 1 is 0.833 bits per heavy atom. The van der Waals surface area contributed by atoms with Gasteiger partial charge >= 0.3 is 0 Å². The molecule has 0 aliphatic rings. The molecule has 1 N–H and O–H groups in total. The third-order valence-electron chi connectivity index (χ3n) is 7.00. The minimum absolute atomic E-state index is 0.0366. The molecule has 0 saturated carbocycles. The maximum absolute atomic E-state index is 14.3. The Hall–Kier alpha value is -4.14. The normalized spacial score (nSPS) is 11.9. The fraction of sp³-hybridized carbons (Fsp3) is 0.212. The molecule has 218 valence electrons. The highest BCUT2D eigenvalue weighted by molar-refractivity contribution is 7.92. The smallest absolute Gasteiger partial charge is 0.264 e. The first-order chi connectivity index (χ1) is 20.1. The number of sulfonamides is 1. The fourth-order valence-corrected chi connectivity index (χ4v) is 6.47. The van der Waals surface area contributed by atoms with Gasteiger partial charge in [0.1, 0.15) is 12.6 Å². The molecule has 0 unspecified atom stereocenters. The fourth-order valence-electron chi connectivity index (χ4n) is 4.81. The molecule has 42 heavy (non-hydrogen) atoms. The summed E-state index contributed by atoms with van der Waals surface area (Å²) in [5.74, 6) is -0.879. The lowest BCUT2D eigenvalue weighted by atomic mass is 10.0. The Bertz CT molecular complexity index is 1650. The SMILES string of the molecule is CNC(=O)[C@@H](Cc1ccccc1)N(Cc1cccc(C)c1)C(=O)CN(c1cc(Cl)ccc1C)S(=O)(=O)c1ccccc1. The van der Waals surface area contributed by atoms with E-state index in [9.17, 15) is 18.0 Å². The Balaban J connectivity index is 1.81. The largest absolute Gasteiger partial charge is 0.357 e. The van der Waals surface area contributed by atoms with Crippen molar-refractivity contribution in [2.75, 3.05) is 17.9 Å². The summed E-state index contributed by atoms with van der Waals surface area (Å²) in [6.07, 6.45) is 0.250. The molecule has 0 aromatic heterocycles. The summed E-state index contributed by atoms with van der Waals surface area (Å²) >= 11 is 6.31. The summed E-state index contributed by atoms with van der Waals surface area (Å²) in [4.78, 5) is 29.2. The predicted molar refractivity (Wildman–Crippen MR) is 167 cm³/mol. The summed E-state index contributed by atoms with van der Waals surface area (Å²) in [6.45, 7) is 3.29. The molecule has 4 rings (SSSR count). The van der Waals surface area contributed by atoms with E-state index in [1.54, 1.807) is 37.3 Å². The molecule has 0 fully saturated rings. The van der Waals surface area contributed by atoms with Gasteiger partial charge < -0.3 is 10.2 Å². The molecular formula is C33H34ClN3O4S. The average molecular weight is 604 g/mol. The lowest BCUT2D eigenvalue weighted by Gasteiger charge is -2.34. The maximum atomic E-state index is 14.3. The summed E-state index contributed by atoms with van der Waals surface area (Å²) in [6, 6.07) is 29.1. The molecule has 1 atom stereocenters. The standard InChI is InChI=1S/C33H34ClN3O4S/c1-24-11-10-14-27(19-24)22-36(31(33(39)35-3)20-26-12-6-4-7-13-26)32(38)23-37(30-21-28(34)18-17-25(30)2)42(40,41)29-15-8-5-9-16-29/h4-19,21,31H,20,22-23H2,1-3H3,(H,35,39)/t31-/m1/s1. The number of nitrogens with one attached hydrogen (secondary N) is 1. The van der Waals surface area contributed by atoms with E-state index in [2.05, 4.69) is 5.32 Å². The molecule has 0 aliphatic carbocycles. The van der Waals surface area contributed by atoms with Crippen LogP contribution in [0.5, 0.6) is 0 Å². The molecule has 0 heterocycles. The van der Waals surface area contributed by atoms with Crippen molar-refractivity contribution in [2.45, 2.75) is 37.8 Å². The van der Waals surface area contributed by atoms with Crippen LogP contribution in [0.15, 0.2) is 108 Å². The first-order valence-electron chi connectivity index (χ1n) is 13.5. The maximum Gasteiger partial charge on any atom is 0.264 e. The number of carbonyl (C=O) groups excluding carboxylic acids is 2. The highest BCUT2D eigenvalue weighted by atomic mass is 35.5. The number of benzene rings is 4. The van der Waals surface area contributed by atoms with Crippen LogP contribution in [0.2, 0.25) is 5.02 Å². The van der Waals surface area contributed by atoms with Crippen LogP contribution in [0.3, 0.4) is 0 Å². The van der Waals surface area contributed by atoms with Crippen LogP contribution < -0.4 is 9.62 Å². The van der Waals surface area contributed by atoms with Gasteiger partial charge in [0.05, 0.1) is 10.6 Å². The second-order valence-electron chi connectivity index (χ2n) is 10.1. The summed E-state index contributed by atoms with van der Waals surface area (Å²) < 4.78 is 29.2. The van der Waals surface area contributed by atoms with Crippen LogP contribution in [-0.4, -0.2) is 44.8 Å². The highest BCUT2D eigenvalue weighted by Crippen LogP contribution is 2.30. The van der Waals surface area contributed by atoms with Gasteiger partial charge in [-0.3, -0.25) is 13.9 Å². The van der Waals surface area contributed by atoms with Crippen molar-refractivity contribution in [3.8, 4) is 0 Å². The van der Waals surface area contributed by atoms with Crippen LogP contribution in [0, 0.1) is 13.8 Å². The number of hydrogen-bond acceptors (Lipinski definition) is 4. The molecule has 4 aromatic carbocycles. The molecular weight excluding hydrogens is 570 g/mol. The van der Waals surface area contributed by atoms with Crippen molar-refractivity contribution >= 4 is 39.1 Å². The predicted octanol–water partition coefficient (Wildman–Crippen LogP) is 5.54. The monoisotopic (exact) mass is 603 g/mol. The van der Waals surface area contributed by atoms with Gasteiger partial charge in [0.25, 0.3) is 10.0 Å². The molecule has 7 nitrogen and oxygen atoms in total. The Labute approximate surface area is 252 Å². The van der Waals surface area contributed by atoms with Crippen LogP contribution in [0.25, 0.3) is 0 Å². The third kappa shape index (κ3) is 7.38. The average Bonchev–Trinajstić information content (AvgIpc) is 2.99. The van der Waals surface area contributed by atoms with Crippen molar-refractivity contribution in [1.82, 2.24) is 10.2 Å². The third-order valence-corrected chi connectivity index (χ3v) is 9.01. The number of rotatable bonds is 11. The second kappa shape index (κ2) is 13.7. The molecule has 0 radical (unpaired) electrons. The summed E-state index contributed by atoms with van der Waals surface area (Å²) in [7, 11) is -2.66. The Kier molecular flexibility index (Phi) is 10.0. The van der Waals surface area contributed by atoms with Crippen molar-refractivity contribution in [2.24, 2.45) is 0 Å². The van der Waals surface area contributed by atoms with Crippen molar-refractivity contribution in [1.29, 1.82) is 0 Å². The first kappa shape index (κ1) is 30.8. The molecule has 0 aliphatic heterocycles. The molecule has 9 heteroatoms. The highest BCUT2D eigenvalue weighted by Gasteiger charge is 2.34. The molecule has 4 aromatic rings. The van der Waals surface area contributed by atoms with Gasteiger partial charge in [-0.2, -0.15) is 0 Å². The summed E-state index contributed by atoms with van der Waals surface area (Å²) in [5, 5.41) is 3.03. The van der Waals surface area contributed by atoms with E-state index in [1.165, 1.54) is 30.1 Å². The van der Waals surface area contributed by atoms with Gasteiger partial charge in [0, 0.05) is 25.0 Å². The van der Waals surface area contributed by atoms with E-state index >= 15 is 0 Å². The van der Waals surface area contributed by atoms with Crippen molar-refractivity contribution < 1.29 is 18.0 Å².